The van der Waals surface area contributed by atoms with E-state index in [1.54, 1.807) is 19.2 Å². The van der Waals surface area contributed by atoms with Gasteiger partial charge >= 0.3 is 0 Å². The normalized spacial score (nSPS) is 19.6. The van der Waals surface area contributed by atoms with Crippen LogP contribution in [0.5, 0.6) is 0 Å². The summed E-state index contributed by atoms with van der Waals surface area (Å²) in [4.78, 5) is 24.1. The van der Waals surface area contributed by atoms with Crippen molar-refractivity contribution in [2.75, 3.05) is 26.7 Å². The lowest BCUT2D eigenvalue weighted by atomic mass is 10.1. The molecule has 0 radical (unpaired) electrons. The molecule has 1 atom stereocenters. The molecule has 1 aromatic rings. The van der Waals surface area contributed by atoms with Crippen LogP contribution >= 0.6 is 0 Å². The Morgan fingerprint density at radius 3 is 2.80 bits per heavy atom. The van der Waals surface area contributed by atoms with E-state index in [1.807, 2.05) is 0 Å². The summed E-state index contributed by atoms with van der Waals surface area (Å²) >= 11 is 0. The van der Waals surface area contributed by atoms with Crippen LogP contribution in [0, 0.1) is 10.1 Å². The fourth-order valence-corrected chi connectivity index (χ4v) is 2.32. The number of benzene rings is 1. The van der Waals surface area contributed by atoms with Crippen LogP contribution < -0.4 is 10.6 Å². The number of carbonyl (C=O) groups excluding carboxylic acids is 1. The van der Waals surface area contributed by atoms with Crippen molar-refractivity contribution in [2.24, 2.45) is 0 Å². The first-order valence-corrected chi connectivity index (χ1v) is 6.51. The molecule has 7 heteroatoms. The Bertz CT molecular complexity index is 489. The Kier molecular flexibility index (Phi) is 4.65. The number of piperazine rings is 1. The Hall–Kier alpha value is -1.99. The number of non-ortho nitro benzene ring substituents is 1. The van der Waals surface area contributed by atoms with Gasteiger partial charge < -0.3 is 10.6 Å². The maximum absolute atomic E-state index is 11.8. The molecule has 1 aliphatic rings. The molecule has 1 saturated heterocycles. The molecule has 1 unspecified atom stereocenters. The second-order valence-corrected chi connectivity index (χ2v) is 4.73. The average Bonchev–Trinajstić information content (AvgIpc) is 2.47. The lowest BCUT2D eigenvalue weighted by Crippen LogP contribution is -2.56. The summed E-state index contributed by atoms with van der Waals surface area (Å²) in [6.45, 7) is 2.83. The summed E-state index contributed by atoms with van der Waals surface area (Å²) in [5.74, 6) is -0.0147. The molecule has 20 heavy (non-hydrogen) atoms. The van der Waals surface area contributed by atoms with E-state index in [2.05, 4.69) is 15.5 Å². The zero-order valence-corrected chi connectivity index (χ0v) is 11.3. The predicted molar refractivity (Wildman–Crippen MR) is 74.2 cm³/mol. The summed E-state index contributed by atoms with van der Waals surface area (Å²) in [6, 6.07) is 6.25. The largest absolute Gasteiger partial charge is 0.358 e. The molecular weight excluding hydrogens is 260 g/mol. The molecular formula is C13H18N4O3. The smallest absolute Gasteiger partial charge is 0.269 e. The number of amides is 1. The minimum atomic E-state index is -0.415. The van der Waals surface area contributed by atoms with Gasteiger partial charge in [-0.1, -0.05) is 12.1 Å². The van der Waals surface area contributed by atoms with Gasteiger partial charge in [0.1, 0.15) is 6.04 Å². The van der Waals surface area contributed by atoms with Crippen molar-refractivity contribution in [3.05, 3.63) is 39.9 Å². The highest BCUT2D eigenvalue weighted by Crippen LogP contribution is 2.15. The Morgan fingerprint density at radius 1 is 1.50 bits per heavy atom. The van der Waals surface area contributed by atoms with Crippen LogP contribution in [-0.2, 0) is 11.3 Å². The van der Waals surface area contributed by atoms with E-state index < -0.39 is 4.92 Å². The van der Waals surface area contributed by atoms with E-state index in [0.29, 0.717) is 13.1 Å². The van der Waals surface area contributed by atoms with Crippen LogP contribution in [0.1, 0.15) is 5.56 Å². The number of nitro groups is 1. The van der Waals surface area contributed by atoms with Gasteiger partial charge in [0.15, 0.2) is 0 Å². The van der Waals surface area contributed by atoms with Crippen LogP contribution in [0.4, 0.5) is 5.69 Å². The highest BCUT2D eigenvalue weighted by Gasteiger charge is 2.27. The standard InChI is InChI=1S/C13H18N4O3/c1-14-13(18)12-8-15-6-7-16(12)9-10-2-4-11(5-3-10)17(19)20/h2-5,12,15H,6-9H2,1H3,(H,14,18). The summed E-state index contributed by atoms with van der Waals surface area (Å²) in [5, 5.41) is 16.5. The minimum absolute atomic E-state index is 0.0147. The van der Waals surface area contributed by atoms with E-state index in [9.17, 15) is 14.9 Å². The number of nitrogens with zero attached hydrogens (tertiary/aromatic N) is 2. The van der Waals surface area contributed by atoms with Crippen molar-refractivity contribution < 1.29 is 9.72 Å². The molecule has 2 rings (SSSR count). The Morgan fingerprint density at radius 2 is 2.20 bits per heavy atom. The van der Waals surface area contributed by atoms with Crippen molar-refractivity contribution >= 4 is 11.6 Å². The van der Waals surface area contributed by atoms with Gasteiger partial charge in [-0.3, -0.25) is 19.8 Å². The first kappa shape index (κ1) is 14.4. The molecule has 1 aliphatic heterocycles. The first-order valence-electron chi connectivity index (χ1n) is 6.51. The molecule has 1 heterocycles. The fraction of sp³-hybridized carbons (Fsp3) is 0.462. The minimum Gasteiger partial charge on any atom is -0.358 e. The van der Waals surface area contributed by atoms with E-state index in [4.69, 9.17) is 0 Å². The number of hydrogen-bond acceptors (Lipinski definition) is 5. The average molecular weight is 278 g/mol. The summed E-state index contributed by atoms with van der Waals surface area (Å²) in [6.07, 6.45) is 0. The molecule has 0 aromatic heterocycles. The first-order chi connectivity index (χ1) is 9.61. The summed E-state index contributed by atoms with van der Waals surface area (Å²) in [7, 11) is 1.63. The SMILES string of the molecule is CNC(=O)C1CNCCN1Cc1ccc([N+](=O)[O-])cc1. The second kappa shape index (κ2) is 6.44. The highest BCUT2D eigenvalue weighted by molar-refractivity contribution is 5.81. The van der Waals surface area contributed by atoms with Crippen LogP contribution in [0.25, 0.3) is 0 Å². The number of rotatable bonds is 4. The quantitative estimate of drug-likeness (QED) is 0.603. The van der Waals surface area contributed by atoms with Gasteiger partial charge in [-0.15, -0.1) is 0 Å². The molecule has 108 valence electrons. The zero-order valence-electron chi connectivity index (χ0n) is 11.3. The van der Waals surface area contributed by atoms with Crippen molar-refractivity contribution in [1.29, 1.82) is 0 Å². The summed E-state index contributed by atoms with van der Waals surface area (Å²) < 4.78 is 0. The van der Waals surface area contributed by atoms with Crippen molar-refractivity contribution in [3.8, 4) is 0 Å². The second-order valence-electron chi connectivity index (χ2n) is 4.73. The number of hydrogen-bond donors (Lipinski definition) is 2. The van der Waals surface area contributed by atoms with Gasteiger partial charge in [0.2, 0.25) is 5.91 Å². The van der Waals surface area contributed by atoms with Crippen LogP contribution in [-0.4, -0.2) is 48.5 Å². The van der Waals surface area contributed by atoms with Crippen molar-refractivity contribution in [1.82, 2.24) is 15.5 Å². The molecule has 1 fully saturated rings. The zero-order chi connectivity index (χ0) is 14.5. The molecule has 1 amide bonds. The number of likely N-dealkylation sites (N-methyl/N-ethyl adjacent to an activating group) is 1. The monoisotopic (exact) mass is 278 g/mol. The third kappa shape index (κ3) is 3.31. The maximum atomic E-state index is 11.8. The Balaban J connectivity index is 2.06. The number of nitro benzene ring substituents is 1. The summed E-state index contributed by atoms with van der Waals surface area (Å²) in [5.41, 5.74) is 1.04. The Labute approximate surface area is 117 Å². The van der Waals surface area contributed by atoms with Crippen LogP contribution in [0.15, 0.2) is 24.3 Å². The highest BCUT2D eigenvalue weighted by atomic mass is 16.6. The van der Waals surface area contributed by atoms with Crippen molar-refractivity contribution in [3.63, 3.8) is 0 Å². The molecule has 1 aromatic carbocycles. The van der Waals surface area contributed by atoms with Gasteiger partial charge in [-0.25, -0.2) is 0 Å². The van der Waals surface area contributed by atoms with Gasteiger partial charge in [-0.05, 0) is 5.56 Å². The van der Waals surface area contributed by atoms with Gasteiger partial charge in [0.25, 0.3) is 5.69 Å². The maximum Gasteiger partial charge on any atom is 0.269 e. The van der Waals surface area contributed by atoms with E-state index >= 15 is 0 Å². The lowest BCUT2D eigenvalue weighted by Gasteiger charge is -2.34. The van der Waals surface area contributed by atoms with E-state index in [0.717, 1.165) is 18.7 Å². The van der Waals surface area contributed by atoms with Gasteiger partial charge in [0.05, 0.1) is 4.92 Å². The molecule has 0 saturated carbocycles. The molecule has 0 bridgehead atoms. The van der Waals surface area contributed by atoms with E-state index in [1.165, 1.54) is 12.1 Å². The third-order valence-electron chi connectivity index (χ3n) is 3.44. The fourth-order valence-electron chi connectivity index (χ4n) is 2.32. The van der Waals surface area contributed by atoms with Gasteiger partial charge in [-0.2, -0.15) is 0 Å². The van der Waals surface area contributed by atoms with Crippen LogP contribution in [0.2, 0.25) is 0 Å². The lowest BCUT2D eigenvalue weighted by molar-refractivity contribution is -0.384. The number of carbonyl (C=O) groups is 1. The van der Waals surface area contributed by atoms with Crippen LogP contribution in [0.3, 0.4) is 0 Å². The molecule has 0 aliphatic carbocycles. The topological polar surface area (TPSA) is 87.5 Å². The molecule has 7 nitrogen and oxygen atoms in total. The predicted octanol–water partition coefficient (Wildman–Crippen LogP) is 0.115. The van der Waals surface area contributed by atoms with E-state index in [-0.39, 0.29) is 17.6 Å². The van der Waals surface area contributed by atoms with Gasteiger partial charge in [0, 0.05) is 45.4 Å². The molecule has 2 N–H and O–H groups in total. The third-order valence-corrected chi connectivity index (χ3v) is 3.44. The van der Waals surface area contributed by atoms with Crippen molar-refractivity contribution in [2.45, 2.75) is 12.6 Å². The number of nitrogens with one attached hydrogen (secondary N) is 2. The molecule has 0 spiro atoms.